The standard InChI is InChI=1S/C18H16F2N2O2/c1-10(12-7-6-11(19)8-15(12)20)21-17(23)9-14-13-4-2-3-5-16(13)22-18(14)24/h2-8,10,14H,9H2,1H3,(H,21,23)(H,22,24)/t10-,14+/m0/s1. The van der Waals surface area contributed by atoms with Gasteiger partial charge in [0.15, 0.2) is 0 Å². The third kappa shape index (κ3) is 3.13. The van der Waals surface area contributed by atoms with Crippen molar-refractivity contribution >= 4 is 17.5 Å². The molecule has 0 unspecified atom stereocenters. The molecule has 2 aromatic carbocycles. The van der Waals surface area contributed by atoms with Crippen LogP contribution in [-0.2, 0) is 9.59 Å². The number of para-hydroxylation sites is 1. The van der Waals surface area contributed by atoms with Crippen LogP contribution >= 0.6 is 0 Å². The van der Waals surface area contributed by atoms with Gasteiger partial charge in [-0.3, -0.25) is 9.59 Å². The molecule has 124 valence electrons. The van der Waals surface area contributed by atoms with Gasteiger partial charge in [-0.25, -0.2) is 8.78 Å². The van der Waals surface area contributed by atoms with Crippen LogP contribution in [0.4, 0.5) is 14.5 Å². The number of anilines is 1. The molecular formula is C18H16F2N2O2. The minimum Gasteiger partial charge on any atom is -0.349 e. The van der Waals surface area contributed by atoms with Crippen LogP contribution in [0, 0.1) is 11.6 Å². The number of halogens is 2. The quantitative estimate of drug-likeness (QED) is 0.904. The Morgan fingerprint density at radius 1 is 1.25 bits per heavy atom. The number of benzene rings is 2. The van der Waals surface area contributed by atoms with Crippen molar-refractivity contribution in [3.05, 3.63) is 65.2 Å². The summed E-state index contributed by atoms with van der Waals surface area (Å²) in [6, 6.07) is 9.78. The summed E-state index contributed by atoms with van der Waals surface area (Å²) in [5, 5.41) is 5.39. The van der Waals surface area contributed by atoms with Crippen molar-refractivity contribution in [1.29, 1.82) is 0 Å². The third-order valence-corrected chi connectivity index (χ3v) is 4.11. The lowest BCUT2D eigenvalue weighted by Crippen LogP contribution is -2.29. The topological polar surface area (TPSA) is 58.2 Å². The Bertz CT molecular complexity index is 807. The molecule has 1 aliphatic heterocycles. The van der Waals surface area contributed by atoms with E-state index in [0.29, 0.717) is 5.69 Å². The molecule has 24 heavy (non-hydrogen) atoms. The largest absolute Gasteiger partial charge is 0.349 e. The van der Waals surface area contributed by atoms with Crippen LogP contribution < -0.4 is 10.6 Å². The zero-order valence-corrected chi connectivity index (χ0v) is 13.0. The molecule has 3 rings (SSSR count). The van der Waals surface area contributed by atoms with Gasteiger partial charge in [-0.15, -0.1) is 0 Å². The third-order valence-electron chi connectivity index (χ3n) is 4.11. The van der Waals surface area contributed by atoms with Crippen LogP contribution in [-0.4, -0.2) is 11.8 Å². The van der Waals surface area contributed by atoms with Crippen LogP contribution in [0.2, 0.25) is 0 Å². The second-order valence-electron chi connectivity index (χ2n) is 5.79. The number of hydrogen-bond acceptors (Lipinski definition) is 2. The number of amides is 2. The maximum absolute atomic E-state index is 13.8. The van der Waals surface area contributed by atoms with E-state index in [1.807, 2.05) is 0 Å². The number of hydrogen-bond donors (Lipinski definition) is 2. The van der Waals surface area contributed by atoms with Gasteiger partial charge in [0.05, 0.1) is 12.0 Å². The summed E-state index contributed by atoms with van der Waals surface area (Å²) in [5.41, 5.74) is 1.68. The van der Waals surface area contributed by atoms with Gasteiger partial charge in [0.25, 0.3) is 0 Å². The molecular weight excluding hydrogens is 314 g/mol. The first-order valence-electron chi connectivity index (χ1n) is 7.60. The van der Waals surface area contributed by atoms with E-state index in [1.165, 1.54) is 6.07 Å². The lowest BCUT2D eigenvalue weighted by atomic mass is 9.96. The molecule has 0 aliphatic carbocycles. The van der Waals surface area contributed by atoms with Crippen molar-refractivity contribution in [1.82, 2.24) is 5.32 Å². The second kappa shape index (κ2) is 6.39. The monoisotopic (exact) mass is 330 g/mol. The molecule has 0 spiro atoms. The van der Waals surface area contributed by atoms with E-state index in [1.54, 1.807) is 31.2 Å². The van der Waals surface area contributed by atoms with E-state index in [4.69, 9.17) is 0 Å². The number of nitrogens with one attached hydrogen (secondary N) is 2. The number of carbonyl (C=O) groups is 2. The van der Waals surface area contributed by atoms with Crippen molar-refractivity contribution < 1.29 is 18.4 Å². The van der Waals surface area contributed by atoms with Crippen molar-refractivity contribution in [3.63, 3.8) is 0 Å². The summed E-state index contributed by atoms with van der Waals surface area (Å²) in [6.45, 7) is 1.61. The molecule has 2 amide bonds. The van der Waals surface area contributed by atoms with E-state index >= 15 is 0 Å². The van der Waals surface area contributed by atoms with Gasteiger partial charge < -0.3 is 10.6 Å². The maximum Gasteiger partial charge on any atom is 0.232 e. The predicted molar refractivity (Wildman–Crippen MR) is 85.3 cm³/mol. The average Bonchev–Trinajstić information content (AvgIpc) is 2.83. The average molecular weight is 330 g/mol. The van der Waals surface area contributed by atoms with E-state index in [9.17, 15) is 18.4 Å². The van der Waals surface area contributed by atoms with Gasteiger partial charge in [0.2, 0.25) is 11.8 Å². The van der Waals surface area contributed by atoms with Crippen molar-refractivity contribution in [2.24, 2.45) is 0 Å². The van der Waals surface area contributed by atoms with Crippen LogP contribution in [0.15, 0.2) is 42.5 Å². The van der Waals surface area contributed by atoms with Crippen molar-refractivity contribution in [3.8, 4) is 0 Å². The molecule has 6 heteroatoms. The van der Waals surface area contributed by atoms with Crippen LogP contribution in [0.5, 0.6) is 0 Å². The fraction of sp³-hybridized carbons (Fsp3) is 0.222. The molecule has 1 heterocycles. The summed E-state index contributed by atoms with van der Waals surface area (Å²) in [7, 11) is 0. The van der Waals surface area contributed by atoms with Gasteiger partial charge in [-0.1, -0.05) is 24.3 Å². The highest BCUT2D eigenvalue weighted by Gasteiger charge is 2.32. The molecule has 0 fully saturated rings. The first kappa shape index (κ1) is 16.1. The van der Waals surface area contributed by atoms with Crippen molar-refractivity contribution in [2.75, 3.05) is 5.32 Å². The first-order chi connectivity index (χ1) is 11.5. The summed E-state index contributed by atoms with van der Waals surface area (Å²) < 4.78 is 26.7. The highest BCUT2D eigenvalue weighted by Crippen LogP contribution is 2.34. The normalized spacial score (nSPS) is 17.1. The SMILES string of the molecule is C[C@H](NC(=O)C[C@H]1C(=O)Nc2ccccc21)c1ccc(F)cc1F. The molecule has 2 N–H and O–H groups in total. The molecule has 2 atom stereocenters. The van der Waals surface area contributed by atoms with Crippen molar-refractivity contribution in [2.45, 2.75) is 25.3 Å². The minimum absolute atomic E-state index is 0.0317. The number of rotatable bonds is 4. The summed E-state index contributed by atoms with van der Waals surface area (Å²) in [4.78, 5) is 24.3. The zero-order valence-electron chi connectivity index (χ0n) is 13.0. The number of carbonyl (C=O) groups excluding carboxylic acids is 2. The Hall–Kier alpha value is -2.76. The summed E-state index contributed by atoms with van der Waals surface area (Å²) >= 11 is 0. The molecule has 0 radical (unpaired) electrons. The fourth-order valence-electron chi connectivity index (χ4n) is 2.89. The predicted octanol–water partition coefficient (Wildman–Crippen LogP) is 3.27. The van der Waals surface area contributed by atoms with E-state index in [2.05, 4.69) is 10.6 Å². The summed E-state index contributed by atoms with van der Waals surface area (Å²) in [6.07, 6.45) is -0.0317. The van der Waals surface area contributed by atoms with E-state index in [-0.39, 0.29) is 23.8 Å². The van der Waals surface area contributed by atoms with Crippen LogP contribution in [0.3, 0.4) is 0 Å². The Labute approximate surface area is 137 Å². The van der Waals surface area contributed by atoms with Crippen LogP contribution in [0.1, 0.15) is 36.4 Å². The van der Waals surface area contributed by atoms with E-state index in [0.717, 1.165) is 17.7 Å². The molecule has 0 saturated carbocycles. The molecule has 1 aliphatic rings. The Morgan fingerprint density at radius 2 is 2.00 bits per heavy atom. The fourth-order valence-corrected chi connectivity index (χ4v) is 2.89. The Balaban J connectivity index is 1.69. The summed E-state index contributed by atoms with van der Waals surface area (Å²) in [5.74, 6) is -2.55. The lowest BCUT2D eigenvalue weighted by Gasteiger charge is -2.16. The Morgan fingerprint density at radius 3 is 2.75 bits per heavy atom. The number of fused-ring (bicyclic) bond motifs is 1. The highest BCUT2D eigenvalue weighted by molar-refractivity contribution is 6.04. The molecule has 0 bridgehead atoms. The van der Waals surface area contributed by atoms with Gasteiger partial charge in [-0.2, -0.15) is 0 Å². The lowest BCUT2D eigenvalue weighted by molar-refractivity contribution is -0.125. The molecule has 0 aromatic heterocycles. The second-order valence-corrected chi connectivity index (χ2v) is 5.79. The van der Waals surface area contributed by atoms with E-state index < -0.39 is 23.6 Å². The smallest absolute Gasteiger partial charge is 0.232 e. The molecule has 4 nitrogen and oxygen atoms in total. The first-order valence-corrected chi connectivity index (χ1v) is 7.60. The van der Waals surface area contributed by atoms with Gasteiger partial charge in [0.1, 0.15) is 11.6 Å². The zero-order chi connectivity index (χ0) is 17.3. The molecule has 2 aromatic rings. The van der Waals surface area contributed by atoms with Gasteiger partial charge in [0, 0.05) is 23.7 Å². The minimum atomic E-state index is -0.716. The van der Waals surface area contributed by atoms with Crippen LogP contribution in [0.25, 0.3) is 0 Å². The maximum atomic E-state index is 13.8. The molecule has 0 saturated heterocycles. The van der Waals surface area contributed by atoms with Gasteiger partial charge in [-0.05, 0) is 24.6 Å². The Kier molecular flexibility index (Phi) is 4.29. The highest BCUT2D eigenvalue weighted by atomic mass is 19.1. The van der Waals surface area contributed by atoms with Gasteiger partial charge >= 0.3 is 0 Å².